The van der Waals surface area contributed by atoms with E-state index in [9.17, 15) is 4.79 Å². The number of nitrogens with zero attached hydrogens (tertiary/aromatic N) is 4. The number of piperazine rings is 1. The van der Waals surface area contributed by atoms with Gasteiger partial charge in [-0.3, -0.25) is 4.79 Å². The van der Waals surface area contributed by atoms with Crippen LogP contribution in [0.2, 0.25) is 5.02 Å². The highest BCUT2D eigenvalue weighted by molar-refractivity contribution is 6.30. The van der Waals surface area contributed by atoms with Crippen LogP contribution in [0.3, 0.4) is 0 Å². The first-order valence-electron chi connectivity index (χ1n) is 10.7. The summed E-state index contributed by atoms with van der Waals surface area (Å²) in [5, 5.41) is 0.955. The maximum absolute atomic E-state index is 15.1. The van der Waals surface area contributed by atoms with Crippen LogP contribution in [0.15, 0.2) is 30.3 Å². The molecule has 1 saturated heterocycles. The summed E-state index contributed by atoms with van der Waals surface area (Å²) in [5.74, 6) is -0.125. The van der Waals surface area contributed by atoms with Gasteiger partial charge in [-0.25, -0.2) is 9.37 Å². The lowest BCUT2D eigenvalue weighted by Crippen LogP contribution is -2.49. The molecule has 9 nitrogen and oxygen atoms in total. The zero-order valence-electron chi connectivity index (χ0n) is 18.9. The highest BCUT2D eigenvalue weighted by Crippen LogP contribution is 2.37. The molecule has 4 N–H and O–H groups in total. The van der Waals surface area contributed by atoms with Crippen LogP contribution in [0, 0.1) is 5.82 Å². The summed E-state index contributed by atoms with van der Waals surface area (Å²) in [6, 6.07) is 8.29. The number of rotatable bonds is 6. The molecule has 0 radical (unpaired) electrons. The molecule has 4 rings (SSSR count). The number of nitrogen functional groups attached to an aromatic ring is 1. The summed E-state index contributed by atoms with van der Waals surface area (Å²) in [7, 11) is 2.77. The molecule has 1 atom stereocenters. The predicted molar refractivity (Wildman–Crippen MR) is 129 cm³/mol. The minimum atomic E-state index is -0.669. The number of methoxy groups -OCH3 is 2. The number of anilines is 2. The molecule has 3 aromatic rings. The van der Waals surface area contributed by atoms with Crippen LogP contribution in [0.1, 0.15) is 18.0 Å². The van der Waals surface area contributed by atoms with Crippen molar-refractivity contribution in [2.45, 2.75) is 12.5 Å². The van der Waals surface area contributed by atoms with Crippen LogP contribution < -0.4 is 25.8 Å². The Morgan fingerprint density at radius 1 is 1.15 bits per heavy atom. The summed E-state index contributed by atoms with van der Waals surface area (Å²) < 4.78 is 25.4. The van der Waals surface area contributed by atoms with Gasteiger partial charge in [-0.15, -0.1) is 0 Å². The molecule has 0 aliphatic carbocycles. The third kappa shape index (κ3) is 4.64. The van der Waals surface area contributed by atoms with Crippen molar-refractivity contribution in [3.05, 3.63) is 46.7 Å². The summed E-state index contributed by atoms with van der Waals surface area (Å²) in [5.41, 5.74) is 13.2. The van der Waals surface area contributed by atoms with Crippen molar-refractivity contribution >= 4 is 40.2 Å². The molecule has 180 valence electrons. The molecular weight excluding hydrogens is 463 g/mol. The first-order chi connectivity index (χ1) is 16.3. The molecule has 2 aromatic carbocycles. The number of benzene rings is 2. The topological polar surface area (TPSA) is 120 Å². The third-order valence-corrected chi connectivity index (χ3v) is 6.15. The molecule has 0 bridgehead atoms. The van der Waals surface area contributed by atoms with E-state index in [0.29, 0.717) is 42.5 Å². The van der Waals surface area contributed by atoms with Gasteiger partial charge in [0, 0.05) is 49.1 Å². The number of carbonyl (C=O) groups excluding carboxylic acids is 1. The molecule has 1 amide bonds. The van der Waals surface area contributed by atoms with E-state index in [4.69, 9.17) is 32.5 Å². The maximum atomic E-state index is 15.1. The Labute approximate surface area is 201 Å². The van der Waals surface area contributed by atoms with Crippen molar-refractivity contribution < 1.29 is 18.7 Å². The predicted octanol–water partition coefficient (Wildman–Crippen LogP) is 2.76. The summed E-state index contributed by atoms with van der Waals surface area (Å²) >= 11 is 5.92. The molecule has 34 heavy (non-hydrogen) atoms. The molecule has 1 aliphatic heterocycles. The first kappa shape index (κ1) is 23.8. The highest BCUT2D eigenvalue weighted by Gasteiger charge is 2.26. The van der Waals surface area contributed by atoms with Crippen LogP contribution in [0.5, 0.6) is 11.5 Å². The van der Waals surface area contributed by atoms with Gasteiger partial charge < -0.3 is 30.7 Å². The smallest absolute Gasteiger partial charge is 0.228 e. The van der Waals surface area contributed by atoms with Crippen molar-refractivity contribution in [1.29, 1.82) is 0 Å². The largest absolute Gasteiger partial charge is 0.493 e. The third-order valence-electron chi connectivity index (χ3n) is 5.90. The Bertz CT molecular complexity index is 1200. The minimum absolute atomic E-state index is 0.0380. The average Bonchev–Trinajstić information content (AvgIpc) is 2.84. The van der Waals surface area contributed by atoms with Crippen LogP contribution in [0.25, 0.3) is 10.9 Å². The maximum Gasteiger partial charge on any atom is 0.228 e. The molecule has 2 heterocycles. The monoisotopic (exact) mass is 488 g/mol. The summed E-state index contributed by atoms with van der Waals surface area (Å²) in [6.07, 6.45) is 0.188. The molecular formula is C23H26ClFN6O3. The fraction of sp³-hybridized carbons (Fsp3) is 0.348. The van der Waals surface area contributed by atoms with Crippen molar-refractivity contribution in [3.63, 3.8) is 0 Å². The Balaban J connectivity index is 1.46. The minimum Gasteiger partial charge on any atom is -0.493 e. The first-order valence-corrected chi connectivity index (χ1v) is 11.1. The molecule has 1 unspecified atom stereocenters. The van der Waals surface area contributed by atoms with E-state index in [1.54, 1.807) is 23.1 Å². The van der Waals surface area contributed by atoms with Gasteiger partial charge in [0.1, 0.15) is 11.3 Å². The van der Waals surface area contributed by atoms with Crippen LogP contribution in [-0.2, 0) is 4.79 Å². The van der Waals surface area contributed by atoms with E-state index in [1.807, 2.05) is 17.0 Å². The second-order valence-corrected chi connectivity index (χ2v) is 8.40. The standard InChI is InChI=1S/C23H26ClFN6O3/c1-33-17-11-15-20(19(25)21(17)34-2)28-23(29-22(15)27)31-9-7-30(8-10-31)18(32)12-16(26)13-3-5-14(24)6-4-13/h3-6,11,16H,7-10,12,26H2,1-2H3,(H2,27,28,29). The Morgan fingerprint density at radius 2 is 1.82 bits per heavy atom. The quantitative estimate of drug-likeness (QED) is 0.543. The molecule has 0 saturated carbocycles. The summed E-state index contributed by atoms with van der Waals surface area (Å²) in [4.78, 5) is 25.2. The lowest BCUT2D eigenvalue weighted by Gasteiger charge is -2.35. The summed E-state index contributed by atoms with van der Waals surface area (Å²) in [6.45, 7) is 1.87. The molecule has 11 heteroatoms. The van der Waals surface area contributed by atoms with E-state index in [1.165, 1.54) is 14.2 Å². The highest BCUT2D eigenvalue weighted by atomic mass is 35.5. The number of ether oxygens (including phenoxy) is 2. The molecule has 1 fully saturated rings. The Hall–Kier alpha value is -3.37. The van der Waals surface area contributed by atoms with Crippen LogP contribution in [0.4, 0.5) is 16.2 Å². The van der Waals surface area contributed by atoms with Gasteiger partial charge in [-0.05, 0) is 23.8 Å². The van der Waals surface area contributed by atoms with Gasteiger partial charge in [-0.2, -0.15) is 4.98 Å². The van der Waals surface area contributed by atoms with Gasteiger partial charge in [0.2, 0.25) is 11.9 Å². The number of amides is 1. The normalized spacial score (nSPS) is 14.9. The van der Waals surface area contributed by atoms with E-state index < -0.39 is 11.9 Å². The second kappa shape index (κ2) is 9.86. The SMILES string of the molecule is COc1cc2c(N)nc(N3CCN(C(=O)CC(N)c4ccc(Cl)cc4)CC3)nc2c(F)c1OC. The van der Waals surface area contributed by atoms with Crippen molar-refractivity contribution in [3.8, 4) is 11.5 Å². The molecule has 1 aromatic heterocycles. The van der Waals surface area contributed by atoms with Gasteiger partial charge in [0.15, 0.2) is 17.3 Å². The number of halogens is 2. The molecule has 1 aliphatic rings. The van der Waals surface area contributed by atoms with E-state index >= 15 is 4.39 Å². The zero-order valence-corrected chi connectivity index (χ0v) is 19.7. The van der Waals surface area contributed by atoms with Gasteiger partial charge >= 0.3 is 0 Å². The fourth-order valence-electron chi connectivity index (χ4n) is 3.98. The van der Waals surface area contributed by atoms with Gasteiger partial charge in [0.25, 0.3) is 0 Å². The average molecular weight is 489 g/mol. The number of aromatic nitrogens is 2. The van der Waals surface area contributed by atoms with Crippen LogP contribution >= 0.6 is 11.6 Å². The van der Waals surface area contributed by atoms with Crippen LogP contribution in [-0.4, -0.2) is 61.2 Å². The van der Waals surface area contributed by atoms with Gasteiger partial charge in [0.05, 0.1) is 14.2 Å². The van der Waals surface area contributed by atoms with Gasteiger partial charge in [-0.1, -0.05) is 23.7 Å². The molecule has 0 spiro atoms. The van der Waals surface area contributed by atoms with E-state index in [2.05, 4.69) is 9.97 Å². The fourth-order valence-corrected chi connectivity index (χ4v) is 4.11. The zero-order chi connectivity index (χ0) is 24.4. The number of hydrogen-bond acceptors (Lipinski definition) is 8. The van der Waals surface area contributed by atoms with Crippen molar-refractivity contribution in [1.82, 2.24) is 14.9 Å². The number of hydrogen-bond donors (Lipinski definition) is 2. The lowest BCUT2D eigenvalue weighted by molar-refractivity contribution is -0.131. The van der Waals surface area contributed by atoms with E-state index in [0.717, 1.165) is 5.56 Å². The second-order valence-electron chi connectivity index (χ2n) is 7.96. The van der Waals surface area contributed by atoms with Crippen molar-refractivity contribution in [2.24, 2.45) is 5.73 Å². The Morgan fingerprint density at radius 3 is 2.44 bits per heavy atom. The lowest BCUT2D eigenvalue weighted by atomic mass is 10.0. The Kier molecular flexibility index (Phi) is 6.90. The number of nitrogens with two attached hydrogens (primary N) is 2. The number of fused-ring (bicyclic) bond motifs is 1. The number of carbonyl (C=O) groups is 1. The van der Waals surface area contributed by atoms with Crippen molar-refractivity contribution in [2.75, 3.05) is 51.0 Å². The van der Waals surface area contributed by atoms with E-state index in [-0.39, 0.29) is 35.2 Å².